The molecule has 0 aliphatic carbocycles. The number of nitrogens with two attached hydrogens (primary N) is 2. The lowest BCUT2D eigenvalue weighted by atomic mass is 10.1. The zero-order valence-corrected chi connectivity index (χ0v) is 10.7. The van der Waals surface area contributed by atoms with Crippen molar-refractivity contribution < 1.29 is 14.3 Å². The lowest BCUT2D eigenvalue weighted by Crippen LogP contribution is -2.32. The number of primary amides is 1. The molecule has 0 aromatic heterocycles. The summed E-state index contributed by atoms with van der Waals surface area (Å²) in [5, 5.41) is 5.45. The van der Waals surface area contributed by atoms with Crippen LogP contribution in [0, 0.1) is 0 Å². The van der Waals surface area contributed by atoms with Crippen molar-refractivity contribution in [3.05, 3.63) is 23.8 Å². The molecule has 2 amide bonds. The van der Waals surface area contributed by atoms with E-state index in [1.165, 1.54) is 0 Å². The van der Waals surface area contributed by atoms with E-state index in [0.717, 1.165) is 0 Å². The highest BCUT2D eigenvalue weighted by Gasteiger charge is 2.11. The number of ether oxygens (including phenoxy) is 1. The maximum atomic E-state index is 11.5. The number of carbonyl (C=O) groups is 2. The number of nitrogen functional groups attached to an aromatic ring is 1. The van der Waals surface area contributed by atoms with E-state index >= 15 is 0 Å². The molecule has 0 unspecified atom stereocenters. The van der Waals surface area contributed by atoms with Gasteiger partial charge in [-0.1, -0.05) is 6.07 Å². The van der Waals surface area contributed by atoms with E-state index in [1.807, 2.05) is 0 Å². The normalized spacial score (nSPS) is 9.95. The molecular weight excluding hydrogens is 248 g/mol. The molecule has 0 saturated carbocycles. The monoisotopic (exact) mass is 266 g/mol. The Bertz CT molecular complexity index is 462. The summed E-state index contributed by atoms with van der Waals surface area (Å²) in [6, 6.07) is 4.79. The summed E-state index contributed by atoms with van der Waals surface area (Å²) in [6.07, 6.45) is 0. The number of anilines is 2. The van der Waals surface area contributed by atoms with Crippen LogP contribution in [0.2, 0.25) is 0 Å². The van der Waals surface area contributed by atoms with Gasteiger partial charge in [-0.25, -0.2) is 0 Å². The number of nitrogens with one attached hydrogen (secondary N) is 2. The number of rotatable bonds is 7. The summed E-state index contributed by atoms with van der Waals surface area (Å²) in [6.45, 7) is 0.855. The van der Waals surface area contributed by atoms with Gasteiger partial charge in [-0.3, -0.25) is 9.59 Å². The highest BCUT2D eigenvalue weighted by molar-refractivity contribution is 6.01. The molecule has 0 saturated heterocycles. The van der Waals surface area contributed by atoms with E-state index in [-0.39, 0.29) is 18.0 Å². The van der Waals surface area contributed by atoms with Crippen LogP contribution < -0.4 is 22.1 Å². The summed E-state index contributed by atoms with van der Waals surface area (Å²) < 4.78 is 4.81. The molecule has 0 atom stereocenters. The number of amides is 2. The summed E-state index contributed by atoms with van der Waals surface area (Å²) in [5.41, 5.74) is 12.0. The Morgan fingerprint density at radius 3 is 2.74 bits per heavy atom. The van der Waals surface area contributed by atoms with Gasteiger partial charge < -0.3 is 26.8 Å². The molecule has 1 aromatic carbocycles. The summed E-state index contributed by atoms with van der Waals surface area (Å²) in [7, 11) is 1.55. The standard InChI is InChI=1S/C12H18N4O3/c1-19-6-5-15-10(17)7-16-11-8(12(14)18)3-2-4-9(11)13/h2-4,16H,5-7,13H2,1H3,(H2,14,18)(H,15,17). The van der Waals surface area contributed by atoms with Gasteiger partial charge in [0.25, 0.3) is 5.91 Å². The van der Waals surface area contributed by atoms with Gasteiger partial charge in [-0.15, -0.1) is 0 Å². The van der Waals surface area contributed by atoms with Gasteiger partial charge in [0, 0.05) is 13.7 Å². The minimum atomic E-state index is -0.602. The minimum absolute atomic E-state index is 0.00178. The Morgan fingerprint density at radius 1 is 1.37 bits per heavy atom. The van der Waals surface area contributed by atoms with Crippen molar-refractivity contribution in [3.8, 4) is 0 Å². The SMILES string of the molecule is COCCNC(=O)CNc1c(N)cccc1C(N)=O. The third kappa shape index (κ3) is 4.47. The number of hydrogen-bond acceptors (Lipinski definition) is 5. The number of hydrogen-bond donors (Lipinski definition) is 4. The molecule has 0 radical (unpaired) electrons. The third-order valence-electron chi connectivity index (χ3n) is 2.42. The lowest BCUT2D eigenvalue weighted by Gasteiger charge is -2.12. The van der Waals surface area contributed by atoms with Crippen molar-refractivity contribution in [2.24, 2.45) is 5.73 Å². The highest BCUT2D eigenvalue weighted by Crippen LogP contribution is 2.22. The molecule has 7 nitrogen and oxygen atoms in total. The number of methoxy groups -OCH3 is 1. The van der Waals surface area contributed by atoms with Crippen molar-refractivity contribution >= 4 is 23.2 Å². The van der Waals surface area contributed by atoms with Crippen LogP contribution >= 0.6 is 0 Å². The van der Waals surface area contributed by atoms with Crippen LogP contribution in [0.5, 0.6) is 0 Å². The third-order valence-corrected chi connectivity index (χ3v) is 2.42. The summed E-state index contributed by atoms with van der Waals surface area (Å²) in [5.74, 6) is -0.828. The van der Waals surface area contributed by atoms with Crippen molar-refractivity contribution in [1.82, 2.24) is 5.32 Å². The van der Waals surface area contributed by atoms with Crippen molar-refractivity contribution in [2.75, 3.05) is 37.9 Å². The molecule has 19 heavy (non-hydrogen) atoms. The maximum absolute atomic E-state index is 11.5. The minimum Gasteiger partial charge on any atom is -0.397 e. The Kier molecular flexibility index (Phi) is 5.62. The van der Waals surface area contributed by atoms with Crippen molar-refractivity contribution in [3.63, 3.8) is 0 Å². The largest absolute Gasteiger partial charge is 0.397 e. The average molecular weight is 266 g/mol. The fourth-order valence-electron chi connectivity index (χ4n) is 1.50. The first-order chi connectivity index (χ1) is 9.06. The van der Waals surface area contributed by atoms with E-state index in [9.17, 15) is 9.59 Å². The topological polar surface area (TPSA) is 119 Å². The number of benzene rings is 1. The van der Waals surface area contributed by atoms with Crippen molar-refractivity contribution in [1.29, 1.82) is 0 Å². The molecule has 1 aromatic rings. The summed E-state index contributed by atoms with van der Waals surface area (Å²) >= 11 is 0. The second kappa shape index (κ2) is 7.22. The molecule has 1 rings (SSSR count). The van der Waals surface area contributed by atoms with E-state index in [1.54, 1.807) is 25.3 Å². The molecule has 0 bridgehead atoms. The molecule has 7 heteroatoms. The van der Waals surface area contributed by atoms with Gasteiger partial charge in [-0.2, -0.15) is 0 Å². The average Bonchev–Trinajstić information content (AvgIpc) is 2.37. The molecule has 0 aliphatic heterocycles. The zero-order chi connectivity index (χ0) is 14.3. The molecular formula is C12H18N4O3. The van der Waals surface area contributed by atoms with Gasteiger partial charge in [0.1, 0.15) is 0 Å². The van der Waals surface area contributed by atoms with Gasteiger partial charge >= 0.3 is 0 Å². The quantitative estimate of drug-likeness (QED) is 0.393. The molecule has 0 fully saturated rings. The van der Waals surface area contributed by atoms with Crippen LogP contribution in [-0.4, -0.2) is 38.6 Å². The second-order valence-corrected chi connectivity index (χ2v) is 3.83. The predicted octanol–water partition coefficient (Wildman–Crippen LogP) is -0.458. The van der Waals surface area contributed by atoms with Gasteiger partial charge in [0.15, 0.2) is 0 Å². The fourth-order valence-corrected chi connectivity index (χ4v) is 1.50. The first-order valence-corrected chi connectivity index (χ1v) is 5.74. The molecule has 0 aliphatic rings. The van der Waals surface area contributed by atoms with Crippen LogP contribution in [0.4, 0.5) is 11.4 Å². The maximum Gasteiger partial charge on any atom is 0.250 e. The molecule has 0 heterocycles. The predicted molar refractivity (Wildman–Crippen MR) is 72.7 cm³/mol. The van der Waals surface area contributed by atoms with Crippen LogP contribution in [0.25, 0.3) is 0 Å². The van der Waals surface area contributed by atoms with Gasteiger partial charge in [-0.05, 0) is 12.1 Å². The van der Waals surface area contributed by atoms with Crippen LogP contribution in [0.15, 0.2) is 18.2 Å². The molecule has 0 spiro atoms. The Morgan fingerprint density at radius 2 is 2.11 bits per heavy atom. The Hall–Kier alpha value is -2.28. The Labute approximate surface area is 111 Å². The van der Waals surface area contributed by atoms with E-state index in [4.69, 9.17) is 16.2 Å². The van der Waals surface area contributed by atoms with E-state index < -0.39 is 5.91 Å². The van der Waals surface area contributed by atoms with Crippen LogP contribution in [0.1, 0.15) is 10.4 Å². The fraction of sp³-hybridized carbons (Fsp3) is 0.333. The highest BCUT2D eigenvalue weighted by atomic mass is 16.5. The molecule has 6 N–H and O–H groups in total. The van der Waals surface area contributed by atoms with Gasteiger partial charge in [0.05, 0.1) is 30.1 Å². The first-order valence-electron chi connectivity index (χ1n) is 5.74. The summed E-state index contributed by atoms with van der Waals surface area (Å²) in [4.78, 5) is 22.7. The number of para-hydroxylation sites is 1. The lowest BCUT2D eigenvalue weighted by molar-refractivity contribution is -0.119. The molecule has 104 valence electrons. The first kappa shape index (κ1) is 14.8. The Balaban J connectivity index is 2.62. The van der Waals surface area contributed by atoms with Crippen molar-refractivity contribution in [2.45, 2.75) is 0 Å². The van der Waals surface area contributed by atoms with E-state index in [2.05, 4.69) is 10.6 Å². The van der Waals surface area contributed by atoms with Crippen LogP contribution in [-0.2, 0) is 9.53 Å². The second-order valence-electron chi connectivity index (χ2n) is 3.83. The number of carbonyl (C=O) groups excluding carboxylic acids is 2. The van der Waals surface area contributed by atoms with Gasteiger partial charge in [0.2, 0.25) is 5.91 Å². The zero-order valence-electron chi connectivity index (χ0n) is 10.7. The smallest absolute Gasteiger partial charge is 0.250 e. The van der Waals surface area contributed by atoms with Crippen LogP contribution in [0.3, 0.4) is 0 Å². The van der Waals surface area contributed by atoms with E-state index in [0.29, 0.717) is 24.5 Å².